The van der Waals surface area contributed by atoms with Crippen molar-refractivity contribution in [3.63, 3.8) is 0 Å². The monoisotopic (exact) mass is 274 g/mol. The molecule has 1 atom stereocenters. The normalized spacial score (nSPS) is 25.9. The van der Waals surface area contributed by atoms with Crippen LogP contribution in [-0.2, 0) is 11.3 Å². The van der Waals surface area contributed by atoms with Gasteiger partial charge in [-0.1, -0.05) is 30.3 Å². The van der Waals surface area contributed by atoms with Crippen LogP contribution in [0.5, 0.6) is 0 Å². The summed E-state index contributed by atoms with van der Waals surface area (Å²) >= 11 is 0. The maximum absolute atomic E-state index is 12.2. The molecule has 20 heavy (non-hydrogen) atoms. The molecule has 4 nitrogen and oxygen atoms in total. The standard InChI is InChI=1S/C16H22N2O2/c19-15(20-11-14-5-2-1-3-6-14)18-10-4-7-16(13-18)8-9-17-12-16/h1-3,5-6,17H,4,7-13H2/t16-/m1/s1. The number of carbonyl (C=O) groups is 1. The van der Waals surface area contributed by atoms with Crippen molar-refractivity contribution in [1.29, 1.82) is 0 Å². The van der Waals surface area contributed by atoms with Crippen LogP contribution in [-0.4, -0.2) is 37.2 Å². The second-order valence-electron chi connectivity index (χ2n) is 5.99. The number of benzene rings is 1. The van der Waals surface area contributed by atoms with Gasteiger partial charge in [0.25, 0.3) is 0 Å². The van der Waals surface area contributed by atoms with Crippen LogP contribution in [0.2, 0.25) is 0 Å². The van der Waals surface area contributed by atoms with Gasteiger partial charge in [-0.2, -0.15) is 0 Å². The van der Waals surface area contributed by atoms with E-state index in [0.29, 0.717) is 12.0 Å². The molecule has 0 saturated carbocycles. The first-order valence-corrected chi connectivity index (χ1v) is 7.44. The van der Waals surface area contributed by atoms with Crippen molar-refractivity contribution in [2.24, 2.45) is 5.41 Å². The third kappa shape index (κ3) is 2.96. The fourth-order valence-electron chi connectivity index (χ4n) is 3.32. The lowest BCUT2D eigenvalue weighted by Crippen LogP contribution is -2.47. The van der Waals surface area contributed by atoms with Gasteiger partial charge in [-0.15, -0.1) is 0 Å². The number of rotatable bonds is 2. The molecule has 2 aliphatic rings. The molecule has 2 aliphatic heterocycles. The highest BCUT2D eigenvalue weighted by Crippen LogP contribution is 2.35. The summed E-state index contributed by atoms with van der Waals surface area (Å²) in [6.07, 6.45) is 3.32. The zero-order chi connectivity index (χ0) is 13.8. The first-order chi connectivity index (χ1) is 9.77. The number of hydrogen-bond acceptors (Lipinski definition) is 3. The average Bonchev–Trinajstić information content (AvgIpc) is 2.93. The number of amides is 1. The predicted molar refractivity (Wildman–Crippen MR) is 77.4 cm³/mol. The summed E-state index contributed by atoms with van der Waals surface area (Å²) in [6.45, 7) is 4.15. The number of ether oxygens (including phenoxy) is 1. The third-order valence-electron chi connectivity index (χ3n) is 4.46. The summed E-state index contributed by atoms with van der Waals surface area (Å²) in [5.74, 6) is 0. The molecule has 2 saturated heterocycles. The molecule has 2 fully saturated rings. The molecule has 0 radical (unpaired) electrons. The Morgan fingerprint density at radius 1 is 1.30 bits per heavy atom. The van der Waals surface area contributed by atoms with E-state index in [9.17, 15) is 4.79 Å². The molecule has 0 aromatic heterocycles. The first kappa shape index (κ1) is 13.4. The van der Waals surface area contributed by atoms with Crippen LogP contribution in [0.4, 0.5) is 4.79 Å². The lowest BCUT2D eigenvalue weighted by molar-refractivity contribution is 0.0577. The highest BCUT2D eigenvalue weighted by Gasteiger charge is 2.39. The Hall–Kier alpha value is -1.55. The molecule has 1 N–H and O–H groups in total. The molecule has 1 spiro atoms. The fraction of sp³-hybridized carbons (Fsp3) is 0.562. The Kier molecular flexibility index (Phi) is 3.92. The number of likely N-dealkylation sites (tertiary alicyclic amines) is 1. The molecule has 0 bridgehead atoms. The van der Waals surface area contributed by atoms with E-state index in [1.807, 2.05) is 35.2 Å². The maximum atomic E-state index is 12.2. The number of hydrogen-bond donors (Lipinski definition) is 1. The predicted octanol–water partition coefficient (Wildman–Crippen LogP) is 2.40. The highest BCUT2D eigenvalue weighted by atomic mass is 16.6. The largest absolute Gasteiger partial charge is 0.445 e. The summed E-state index contributed by atoms with van der Waals surface area (Å²) in [5.41, 5.74) is 1.33. The van der Waals surface area contributed by atoms with E-state index < -0.39 is 0 Å². The van der Waals surface area contributed by atoms with Gasteiger partial charge >= 0.3 is 6.09 Å². The number of piperidine rings is 1. The fourth-order valence-corrected chi connectivity index (χ4v) is 3.32. The minimum atomic E-state index is -0.167. The molecule has 0 aliphatic carbocycles. The van der Waals surface area contributed by atoms with Crippen LogP contribution in [0.15, 0.2) is 30.3 Å². The van der Waals surface area contributed by atoms with Crippen LogP contribution >= 0.6 is 0 Å². The molecule has 2 heterocycles. The second-order valence-corrected chi connectivity index (χ2v) is 5.99. The Morgan fingerprint density at radius 2 is 2.15 bits per heavy atom. The van der Waals surface area contributed by atoms with E-state index in [-0.39, 0.29) is 6.09 Å². The van der Waals surface area contributed by atoms with Crippen molar-refractivity contribution in [3.05, 3.63) is 35.9 Å². The van der Waals surface area contributed by atoms with Gasteiger partial charge in [0.05, 0.1) is 0 Å². The summed E-state index contributed by atoms with van der Waals surface area (Å²) in [7, 11) is 0. The molecular weight excluding hydrogens is 252 g/mol. The first-order valence-electron chi connectivity index (χ1n) is 7.44. The summed E-state index contributed by atoms with van der Waals surface area (Å²) in [5, 5.41) is 3.42. The molecule has 3 rings (SSSR count). The molecule has 1 amide bonds. The smallest absolute Gasteiger partial charge is 0.410 e. The number of nitrogens with one attached hydrogen (secondary N) is 1. The van der Waals surface area contributed by atoms with E-state index >= 15 is 0 Å². The van der Waals surface area contributed by atoms with E-state index in [2.05, 4.69) is 5.32 Å². The Balaban J connectivity index is 1.54. The van der Waals surface area contributed by atoms with Crippen molar-refractivity contribution in [3.8, 4) is 0 Å². The van der Waals surface area contributed by atoms with Gasteiger partial charge in [-0.3, -0.25) is 0 Å². The summed E-state index contributed by atoms with van der Waals surface area (Å²) < 4.78 is 5.44. The molecule has 4 heteroatoms. The quantitative estimate of drug-likeness (QED) is 0.900. The van der Waals surface area contributed by atoms with Crippen molar-refractivity contribution in [2.45, 2.75) is 25.9 Å². The van der Waals surface area contributed by atoms with Crippen molar-refractivity contribution in [2.75, 3.05) is 26.2 Å². The number of nitrogens with zero attached hydrogens (tertiary/aromatic N) is 1. The van der Waals surface area contributed by atoms with Crippen LogP contribution in [0, 0.1) is 5.41 Å². The van der Waals surface area contributed by atoms with Crippen LogP contribution in [0.1, 0.15) is 24.8 Å². The van der Waals surface area contributed by atoms with E-state index in [4.69, 9.17) is 4.74 Å². The van der Waals surface area contributed by atoms with Crippen LogP contribution in [0.25, 0.3) is 0 Å². The van der Waals surface area contributed by atoms with Crippen molar-refractivity contribution in [1.82, 2.24) is 10.2 Å². The lowest BCUT2D eigenvalue weighted by atomic mass is 9.79. The van der Waals surface area contributed by atoms with Gasteiger partial charge in [0.2, 0.25) is 0 Å². The Morgan fingerprint density at radius 3 is 2.90 bits per heavy atom. The van der Waals surface area contributed by atoms with Gasteiger partial charge in [0, 0.05) is 25.0 Å². The molecule has 1 aromatic carbocycles. The van der Waals surface area contributed by atoms with E-state index in [1.54, 1.807) is 0 Å². The van der Waals surface area contributed by atoms with Gasteiger partial charge in [0.1, 0.15) is 6.61 Å². The topological polar surface area (TPSA) is 41.6 Å². The van der Waals surface area contributed by atoms with Gasteiger partial charge in [-0.25, -0.2) is 4.79 Å². The maximum Gasteiger partial charge on any atom is 0.410 e. The summed E-state index contributed by atoms with van der Waals surface area (Å²) in [6, 6.07) is 9.84. The molecule has 0 unspecified atom stereocenters. The third-order valence-corrected chi connectivity index (χ3v) is 4.46. The summed E-state index contributed by atoms with van der Waals surface area (Å²) in [4.78, 5) is 14.1. The Bertz CT molecular complexity index is 455. The van der Waals surface area contributed by atoms with Crippen molar-refractivity contribution < 1.29 is 9.53 Å². The molecular formula is C16H22N2O2. The van der Waals surface area contributed by atoms with Crippen LogP contribution < -0.4 is 5.32 Å². The molecule has 108 valence electrons. The zero-order valence-corrected chi connectivity index (χ0v) is 11.8. The van der Waals surface area contributed by atoms with E-state index in [1.165, 1.54) is 12.8 Å². The van der Waals surface area contributed by atoms with Crippen LogP contribution in [0.3, 0.4) is 0 Å². The van der Waals surface area contributed by atoms with Gasteiger partial charge < -0.3 is 15.0 Å². The van der Waals surface area contributed by atoms with Gasteiger partial charge in [0.15, 0.2) is 0 Å². The van der Waals surface area contributed by atoms with E-state index in [0.717, 1.165) is 38.2 Å². The van der Waals surface area contributed by atoms with Gasteiger partial charge in [-0.05, 0) is 31.4 Å². The Labute approximate surface area is 120 Å². The minimum Gasteiger partial charge on any atom is -0.445 e. The molecule has 1 aromatic rings. The highest BCUT2D eigenvalue weighted by molar-refractivity contribution is 5.67. The zero-order valence-electron chi connectivity index (χ0n) is 11.8. The van der Waals surface area contributed by atoms with Crippen molar-refractivity contribution >= 4 is 6.09 Å². The second kappa shape index (κ2) is 5.83. The lowest BCUT2D eigenvalue weighted by Gasteiger charge is -2.39. The SMILES string of the molecule is O=C(OCc1ccccc1)N1CCC[C@]2(CCNC2)C1. The average molecular weight is 274 g/mol. The number of carbonyl (C=O) groups excluding carboxylic acids is 1. The minimum absolute atomic E-state index is 0.167.